The molecule has 2 heterocycles. The predicted molar refractivity (Wildman–Crippen MR) is 70.9 cm³/mol. The number of aliphatic hydroxyl groups excluding tert-OH is 1. The maximum Gasteiger partial charge on any atom is 0.252 e. The summed E-state index contributed by atoms with van der Waals surface area (Å²) in [6, 6.07) is 1.99. The monoisotopic (exact) mass is 251 g/mol. The van der Waals surface area contributed by atoms with E-state index in [4.69, 9.17) is 5.11 Å². The lowest BCUT2D eigenvalue weighted by Crippen LogP contribution is -2.31. The Bertz CT molecular complexity index is 444. The number of aryl methyl sites for hydroxylation is 1. The van der Waals surface area contributed by atoms with Crippen molar-refractivity contribution in [1.82, 2.24) is 9.97 Å². The van der Waals surface area contributed by atoms with Crippen molar-refractivity contribution in [2.75, 3.05) is 18.1 Å². The number of rotatable bonds is 5. The Kier molecular flexibility index (Phi) is 4.36. The van der Waals surface area contributed by atoms with Crippen LogP contribution in [0.5, 0.6) is 0 Å². The molecule has 1 aromatic rings. The van der Waals surface area contributed by atoms with Crippen LogP contribution in [0.15, 0.2) is 10.9 Å². The van der Waals surface area contributed by atoms with Crippen molar-refractivity contribution >= 4 is 5.82 Å². The Morgan fingerprint density at radius 1 is 1.61 bits per heavy atom. The van der Waals surface area contributed by atoms with Crippen LogP contribution in [0, 0.1) is 0 Å². The molecule has 1 saturated heterocycles. The van der Waals surface area contributed by atoms with E-state index in [1.807, 2.05) is 6.92 Å². The summed E-state index contributed by atoms with van der Waals surface area (Å²) < 4.78 is 0. The predicted octanol–water partition coefficient (Wildman–Crippen LogP) is 1.07. The van der Waals surface area contributed by atoms with Gasteiger partial charge >= 0.3 is 0 Å². The molecule has 18 heavy (non-hydrogen) atoms. The highest BCUT2D eigenvalue weighted by Crippen LogP contribution is 2.25. The molecule has 0 aliphatic carbocycles. The van der Waals surface area contributed by atoms with Gasteiger partial charge in [-0.15, -0.1) is 0 Å². The van der Waals surface area contributed by atoms with E-state index in [-0.39, 0.29) is 12.2 Å². The topological polar surface area (TPSA) is 69.2 Å². The highest BCUT2D eigenvalue weighted by molar-refractivity contribution is 5.40. The van der Waals surface area contributed by atoms with Gasteiger partial charge in [0.15, 0.2) is 0 Å². The van der Waals surface area contributed by atoms with Crippen LogP contribution >= 0.6 is 0 Å². The third-order valence-electron chi connectivity index (χ3n) is 3.48. The molecule has 1 unspecified atom stereocenters. The number of aromatic nitrogens is 2. The van der Waals surface area contributed by atoms with Gasteiger partial charge < -0.3 is 15.0 Å². The van der Waals surface area contributed by atoms with Crippen LogP contribution in [-0.4, -0.2) is 34.3 Å². The average molecular weight is 251 g/mol. The molecule has 0 radical (unpaired) electrons. The van der Waals surface area contributed by atoms with Crippen molar-refractivity contribution in [3.63, 3.8) is 0 Å². The molecule has 0 bridgehead atoms. The summed E-state index contributed by atoms with van der Waals surface area (Å²) in [5, 5.41) is 8.92. The average Bonchev–Trinajstić information content (AvgIpc) is 2.83. The Balaban J connectivity index is 2.18. The van der Waals surface area contributed by atoms with Gasteiger partial charge in [0.05, 0.1) is 0 Å². The minimum absolute atomic E-state index is 0.0790. The van der Waals surface area contributed by atoms with Gasteiger partial charge in [-0.3, -0.25) is 4.79 Å². The molecule has 0 amide bonds. The zero-order valence-electron chi connectivity index (χ0n) is 10.9. The van der Waals surface area contributed by atoms with E-state index < -0.39 is 0 Å². The molecule has 1 atom stereocenters. The van der Waals surface area contributed by atoms with Crippen molar-refractivity contribution < 1.29 is 5.11 Å². The summed E-state index contributed by atoms with van der Waals surface area (Å²) in [7, 11) is 0. The zero-order chi connectivity index (χ0) is 13.0. The minimum atomic E-state index is -0.0790. The molecule has 0 saturated carbocycles. The number of hydrogen-bond acceptors (Lipinski definition) is 4. The summed E-state index contributed by atoms with van der Waals surface area (Å²) in [5.41, 5.74) is -0.0790. The number of nitrogens with zero attached hydrogens (tertiary/aromatic N) is 2. The Morgan fingerprint density at radius 3 is 3.17 bits per heavy atom. The van der Waals surface area contributed by atoms with Crippen molar-refractivity contribution in [3.8, 4) is 0 Å². The van der Waals surface area contributed by atoms with Gasteiger partial charge in [-0.05, 0) is 25.7 Å². The summed E-state index contributed by atoms with van der Waals surface area (Å²) in [4.78, 5) is 21.0. The Hall–Kier alpha value is -1.36. The van der Waals surface area contributed by atoms with Gasteiger partial charge in [0.2, 0.25) is 0 Å². The molecule has 2 N–H and O–H groups in total. The summed E-state index contributed by atoms with van der Waals surface area (Å²) >= 11 is 0. The van der Waals surface area contributed by atoms with Crippen LogP contribution in [0.3, 0.4) is 0 Å². The van der Waals surface area contributed by atoms with E-state index >= 15 is 0 Å². The first kappa shape index (κ1) is 13.1. The van der Waals surface area contributed by atoms with Crippen LogP contribution < -0.4 is 10.5 Å². The maximum absolute atomic E-state index is 11.6. The van der Waals surface area contributed by atoms with Gasteiger partial charge in [-0.2, -0.15) is 0 Å². The largest absolute Gasteiger partial charge is 0.396 e. The van der Waals surface area contributed by atoms with Gasteiger partial charge in [-0.25, -0.2) is 4.98 Å². The number of H-pyrrole nitrogens is 1. The normalized spacial score (nSPS) is 19.4. The van der Waals surface area contributed by atoms with Crippen LogP contribution in [-0.2, 0) is 6.42 Å². The third-order valence-corrected chi connectivity index (χ3v) is 3.48. The molecule has 100 valence electrons. The second-order valence-electron chi connectivity index (χ2n) is 4.76. The third kappa shape index (κ3) is 2.90. The molecule has 0 aromatic carbocycles. The van der Waals surface area contributed by atoms with Crippen LogP contribution in [0.25, 0.3) is 0 Å². The van der Waals surface area contributed by atoms with Crippen LogP contribution in [0.1, 0.15) is 38.4 Å². The molecular formula is C13H21N3O2. The summed E-state index contributed by atoms with van der Waals surface area (Å²) in [6.45, 7) is 3.17. The first-order valence-electron chi connectivity index (χ1n) is 6.72. The van der Waals surface area contributed by atoms with Gasteiger partial charge in [0, 0.05) is 31.7 Å². The smallest absolute Gasteiger partial charge is 0.252 e. The van der Waals surface area contributed by atoms with Crippen molar-refractivity contribution in [3.05, 3.63) is 22.2 Å². The van der Waals surface area contributed by atoms with Crippen LogP contribution in [0.2, 0.25) is 0 Å². The van der Waals surface area contributed by atoms with E-state index in [1.54, 1.807) is 6.07 Å². The van der Waals surface area contributed by atoms with Gasteiger partial charge in [0.1, 0.15) is 11.6 Å². The lowest BCUT2D eigenvalue weighted by atomic mass is 10.1. The van der Waals surface area contributed by atoms with Gasteiger partial charge in [0.25, 0.3) is 5.56 Å². The van der Waals surface area contributed by atoms with Crippen molar-refractivity contribution in [2.24, 2.45) is 0 Å². The fraction of sp³-hybridized carbons (Fsp3) is 0.692. The van der Waals surface area contributed by atoms with Crippen molar-refractivity contribution in [2.45, 2.75) is 45.1 Å². The zero-order valence-corrected chi connectivity index (χ0v) is 10.9. The lowest BCUT2D eigenvalue weighted by Gasteiger charge is -2.25. The van der Waals surface area contributed by atoms with E-state index in [2.05, 4.69) is 14.9 Å². The molecule has 1 fully saturated rings. The second-order valence-corrected chi connectivity index (χ2v) is 4.76. The van der Waals surface area contributed by atoms with E-state index in [9.17, 15) is 4.79 Å². The minimum Gasteiger partial charge on any atom is -0.396 e. The number of aliphatic hydroxyl groups is 1. The molecule has 5 heteroatoms. The number of hydrogen-bond donors (Lipinski definition) is 2. The molecule has 1 aliphatic heterocycles. The number of nitrogens with one attached hydrogen (secondary N) is 1. The molecular weight excluding hydrogens is 230 g/mol. The first-order valence-corrected chi connectivity index (χ1v) is 6.72. The fourth-order valence-electron chi connectivity index (χ4n) is 2.57. The maximum atomic E-state index is 11.6. The van der Waals surface area contributed by atoms with E-state index in [1.165, 1.54) is 0 Å². The Labute approximate surface area is 107 Å². The van der Waals surface area contributed by atoms with Crippen LogP contribution in [0.4, 0.5) is 5.82 Å². The molecule has 1 aromatic heterocycles. The first-order chi connectivity index (χ1) is 8.74. The SMILES string of the molecule is CCc1nc(N2CCCC2CCCO)cc(=O)[nH]1. The summed E-state index contributed by atoms with van der Waals surface area (Å²) in [6.07, 6.45) is 4.76. The summed E-state index contributed by atoms with van der Waals surface area (Å²) in [5.74, 6) is 1.53. The highest BCUT2D eigenvalue weighted by atomic mass is 16.2. The van der Waals surface area contributed by atoms with Gasteiger partial charge in [-0.1, -0.05) is 6.92 Å². The number of aromatic amines is 1. The van der Waals surface area contributed by atoms with E-state index in [0.29, 0.717) is 6.04 Å². The number of anilines is 1. The Morgan fingerprint density at radius 2 is 2.44 bits per heavy atom. The molecule has 0 spiro atoms. The van der Waals surface area contributed by atoms with E-state index in [0.717, 1.165) is 50.3 Å². The molecule has 5 nitrogen and oxygen atoms in total. The fourth-order valence-corrected chi connectivity index (χ4v) is 2.57. The lowest BCUT2D eigenvalue weighted by molar-refractivity contribution is 0.279. The molecule has 2 rings (SSSR count). The quantitative estimate of drug-likeness (QED) is 0.821. The van der Waals surface area contributed by atoms with Crippen molar-refractivity contribution in [1.29, 1.82) is 0 Å². The highest BCUT2D eigenvalue weighted by Gasteiger charge is 2.25. The molecule has 1 aliphatic rings. The standard InChI is InChI=1S/C13H21N3O2/c1-2-11-14-12(9-13(18)15-11)16-7-3-5-10(16)6-4-8-17/h9-10,17H,2-8H2,1H3,(H,14,15,18). The second kappa shape index (κ2) is 6.00.